The first-order valence-electron chi connectivity index (χ1n) is 6.92. The number of halogens is 1. The first kappa shape index (κ1) is 15.2. The van der Waals surface area contributed by atoms with E-state index in [0.29, 0.717) is 5.92 Å². The highest BCUT2D eigenvalue weighted by molar-refractivity contribution is 6.21. The smallest absolute Gasteiger partial charge is 0.0594 e. The number of nitrogens with zero attached hydrogens (tertiary/aromatic N) is 1. The van der Waals surface area contributed by atoms with E-state index in [1.165, 1.54) is 12.8 Å². The molecule has 17 heavy (non-hydrogen) atoms. The van der Waals surface area contributed by atoms with Gasteiger partial charge in [0, 0.05) is 38.1 Å². The lowest BCUT2D eigenvalue weighted by Gasteiger charge is -2.27. The maximum atomic E-state index is 6.37. The molecule has 1 rings (SSSR count). The normalized spacial score (nSPS) is 19.8. The summed E-state index contributed by atoms with van der Waals surface area (Å²) in [6.07, 6.45) is 2.35. The molecule has 1 saturated heterocycles. The predicted octanol–water partition coefficient (Wildman–Crippen LogP) is 1.95. The lowest BCUT2D eigenvalue weighted by atomic mass is 9.99. The number of hydrogen-bond donors (Lipinski definition) is 1. The number of hydrogen-bond acceptors (Lipinski definition) is 3. The summed E-state index contributed by atoms with van der Waals surface area (Å²) in [7, 11) is 0. The number of ether oxygens (including phenoxy) is 1. The third-order valence-corrected chi connectivity index (χ3v) is 4.12. The van der Waals surface area contributed by atoms with Crippen molar-refractivity contribution in [2.45, 2.75) is 32.1 Å². The standard InChI is InChI=1S/C13H27ClN2O/c1-3-12(4-2)13(14)11-15-5-6-16-7-9-17-10-8-16/h12-13,15H,3-11H2,1-2H3. The molecule has 1 fully saturated rings. The molecule has 1 heterocycles. The van der Waals surface area contributed by atoms with Crippen LogP contribution in [0.1, 0.15) is 26.7 Å². The van der Waals surface area contributed by atoms with Crippen LogP contribution >= 0.6 is 11.6 Å². The molecule has 0 bridgehead atoms. The molecule has 0 aromatic carbocycles. The molecule has 0 aromatic heterocycles. The molecule has 1 unspecified atom stereocenters. The van der Waals surface area contributed by atoms with Crippen LogP contribution in [0.4, 0.5) is 0 Å². The molecule has 102 valence electrons. The average Bonchev–Trinajstić information content (AvgIpc) is 2.37. The summed E-state index contributed by atoms with van der Waals surface area (Å²) in [5, 5.41) is 3.74. The molecule has 0 aliphatic carbocycles. The maximum absolute atomic E-state index is 6.37. The van der Waals surface area contributed by atoms with Gasteiger partial charge in [0.15, 0.2) is 0 Å². The van der Waals surface area contributed by atoms with Crippen LogP contribution in [0.5, 0.6) is 0 Å². The molecular weight excluding hydrogens is 236 g/mol. The van der Waals surface area contributed by atoms with E-state index in [0.717, 1.165) is 45.9 Å². The average molecular weight is 263 g/mol. The van der Waals surface area contributed by atoms with Gasteiger partial charge in [-0.05, 0) is 5.92 Å². The van der Waals surface area contributed by atoms with E-state index in [9.17, 15) is 0 Å². The van der Waals surface area contributed by atoms with Gasteiger partial charge in [-0.3, -0.25) is 4.90 Å². The summed E-state index contributed by atoms with van der Waals surface area (Å²) in [5.41, 5.74) is 0. The first-order chi connectivity index (χ1) is 8.27. The molecule has 0 spiro atoms. The molecule has 0 radical (unpaired) electrons. The van der Waals surface area contributed by atoms with Crippen molar-refractivity contribution in [3.8, 4) is 0 Å². The van der Waals surface area contributed by atoms with E-state index in [1.807, 2.05) is 0 Å². The van der Waals surface area contributed by atoms with Gasteiger partial charge in [0.1, 0.15) is 0 Å². The zero-order valence-electron chi connectivity index (χ0n) is 11.3. The predicted molar refractivity (Wildman–Crippen MR) is 73.8 cm³/mol. The first-order valence-corrected chi connectivity index (χ1v) is 7.36. The molecule has 1 aliphatic heterocycles. The number of morpholine rings is 1. The Morgan fingerprint density at radius 1 is 1.24 bits per heavy atom. The summed E-state index contributed by atoms with van der Waals surface area (Å²) in [6, 6.07) is 0. The van der Waals surface area contributed by atoms with Crippen LogP contribution in [0.2, 0.25) is 0 Å². The Kier molecular flexibility index (Phi) is 8.19. The molecule has 1 aliphatic rings. The molecule has 0 saturated carbocycles. The van der Waals surface area contributed by atoms with Gasteiger partial charge in [0.2, 0.25) is 0 Å². The van der Waals surface area contributed by atoms with Crippen molar-refractivity contribution in [2.24, 2.45) is 5.92 Å². The Hall–Kier alpha value is 0.170. The number of alkyl halides is 1. The van der Waals surface area contributed by atoms with Crippen LogP contribution in [0.25, 0.3) is 0 Å². The van der Waals surface area contributed by atoms with Crippen LogP contribution in [-0.2, 0) is 4.74 Å². The van der Waals surface area contributed by atoms with Crippen molar-refractivity contribution < 1.29 is 4.74 Å². The van der Waals surface area contributed by atoms with Crippen molar-refractivity contribution in [2.75, 3.05) is 45.9 Å². The van der Waals surface area contributed by atoms with Gasteiger partial charge in [0.05, 0.1) is 13.2 Å². The Bertz CT molecular complexity index is 182. The Morgan fingerprint density at radius 3 is 2.47 bits per heavy atom. The fourth-order valence-electron chi connectivity index (χ4n) is 2.27. The second-order valence-electron chi connectivity index (χ2n) is 4.75. The summed E-state index contributed by atoms with van der Waals surface area (Å²) < 4.78 is 5.32. The summed E-state index contributed by atoms with van der Waals surface area (Å²) >= 11 is 6.37. The quantitative estimate of drug-likeness (QED) is 0.535. The van der Waals surface area contributed by atoms with Gasteiger partial charge in [-0.2, -0.15) is 0 Å². The van der Waals surface area contributed by atoms with E-state index in [4.69, 9.17) is 16.3 Å². The van der Waals surface area contributed by atoms with E-state index in [2.05, 4.69) is 24.1 Å². The van der Waals surface area contributed by atoms with Crippen LogP contribution in [-0.4, -0.2) is 56.2 Å². The van der Waals surface area contributed by atoms with Gasteiger partial charge in [0.25, 0.3) is 0 Å². The van der Waals surface area contributed by atoms with Crippen LogP contribution in [0.15, 0.2) is 0 Å². The van der Waals surface area contributed by atoms with Gasteiger partial charge in [-0.25, -0.2) is 0 Å². The van der Waals surface area contributed by atoms with Gasteiger partial charge >= 0.3 is 0 Å². The van der Waals surface area contributed by atoms with E-state index in [-0.39, 0.29) is 5.38 Å². The largest absolute Gasteiger partial charge is 0.379 e. The van der Waals surface area contributed by atoms with Crippen LogP contribution in [0.3, 0.4) is 0 Å². The minimum absolute atomic E-state index is 0.273. The molecular formula is C13H27ClN2O. The molecule has 4 heteroatoms. The third kappa shape index (κ3) is 6.05. The highest BCUT2D eigenvalue weighted by atomic mass is 35.5. The molecule has 1 atom stereocenters. The van der Waals surface area contributed by atoms with Gasteiger partial charge in [-0.15, -0.1) is 11.6 Å². The fourth-order valence-corrected chi connectivity index (χ4v) is 2.73. The van der Waals surface area contributed by atoms with E-state index in [1.54, 1.807) is 0 Å². The zero-order chi connectivity index (χ0) is 12.5. The minimum Gasteiger partial charge on any atom is -0.379 e. The SMILES string of the molecule is CCC(CC)C(Cl)CNCCN1CCOCC1. The topological polar surface area (TPSA) is 24.5 Å². The van der Waals surface area contributed by atoms with Crippen molar-refractivity contribution >= 4 is 11.6 Å². The van der Waals surface area contributed by atoms with Gasteiger partial charge < -0.3 is 10.1 Å². The highest BCUT2D eigenvalue weighted by Crippen LogP contribution is 2.17. The minimum atomic E-state index is 0.273. The fraction of sp³-hybridized carbons (Fsp3) is 1.00. The van der Waals surface area contributed by atoms with E-state index < -0.39 is 0 Å². The second kappa shape index (κ2) is 9.15. The summed E-state index contributed by atoms with van der Waals surface area (Å²) in [4.78, 5) is 2.44. The highest BCUT2D eigenvalue weighted by Gasteiger charge is 2.15. The Balaban J connectivity index is 2.02. The molecule has 1 N–H and O–H groups in total. The Labute approximate surface area is 111 Å². The lowest BCUT2D eigenvalue weighted by Crippen LogP contribution is -2.41. The zero-order valence-corrected chi connectivity index (χ0v) is 12.0. The van der Waals surface area contributed by atoms with Crippen molar-refractivity contribution in [3.63, 3.8) is 0 Å². The summed E-state index contributed by atoms with van der Waals surface area (Å²) in [5.74, 6) is 0.646. The monoisotopic (exact) mass is 262 g/mol. The number of nitrogens with one attached hydrogen (secondary N) is 1. The second-order valence-corrected chi connectivity index (χ2v) is 5.31. The third-order valence-electron chi connectivity index (χ3n) is 3.61. The van der Waals surface area contributed by atoms with Crippen molar-refractivity contribution in [3.05, 3.63) is 0 Å². The van der Waals surface area contributed by atoms with Gasteiger partial charge in [-0.1, -0.05) is 26.7 Å². The molecule has 3 nitrogen and oxygen atoms in total. The van der Waals surface area contributed by atoms with Crippen molar-refractivity contribution in [1.29, 1.82) is 0 Å². The maximum Gasteiger partial charge on any atom is 0.0594 e. The van der Waals surface area contributed by atoms with Crippen LogP contribution < -0.4 is 5.32 Å². The van der Waals surface area contributed by atoms with Crippen molar-refractivity contribution in [1.82, 2.24) is 10.2 Å². The summed E-state index contributed by atoms with van der Waals surface area (Å²) in [6.45, 7) is 11.4. The Morgan fingerprint density at radius 2 is 1.88 bits per heavy atom. The molecule has 0 amide bonds. The lowest BCUT2D eigenvalue weighted by molar-refractivity contribution is 0.0384. The molecule has 0 aromatic rings. The number of rotatable bonds is 8. The van der Waals surface area contributed by atoms with Crippen LogP contribution in [0, 0.1) is 5.92 Å². The van der Waals surface area contributed by atoms with E-state index >= 15 is 0 Å².